The van der Waals surface area contributed by atoms with Crippen molar-refractivity contribution in [3.63, 3.8) is 0 Å². The number of nitrogens with one attached hydrogen (secondary N) is 1. The predicted molar refractivity (Wildman–Crippen MR) is 97.2 cm³/mol. The summed E-state index contributed by atoms with van der Waals surface area (Å²) in [7, 11) is 1.81. The first kappa shape index (κ1) is 19.5. The third-order valence-corrected chi connectivity index (χ3v) is 4.53. The zero-order valence-electron chi connectivity index (χ0n) is 15.7. The van der Waals surface area contributed by atoms with Crippen LogP contribution in [-0.4, -0.2) is 38.9 Å². The minimum Gasteiger partial charge on any atom is -0.491 e. The molecule has 1 heterocycles. The molecule has 7 nitrogen and oxygen atoms in total. The number of aromatic nitrogens is 2. The van der Waals surface area contributed by atoms with Crippen LogP contribution < -0.4 is 10.1 Å². The highest BCUT2D eigenvalue weighted by Gasteiger charge is 2.38. The molecule has 0 spiro atoms. The molecule has 0 saturated carbocycles. The third kappa shape index (κ3) is 4.04. The molecule has 2 rings (SSSR count). The van der Waals surface area contributed by atoms with Gasteiger partial charge in [-0.2, -0.15) is 5.10 Å². The van der Waals surface area contributed by atoms with Gasteiger partial charge < -0.3 is 15.2 Å². The molecule has 1 aromatic carbocycles. The number of aliphatic carboxylic acids is 1. The van der Waals surface area contributed by atoms with Crippen molar-refractivity contribution in [2.45, 2.75) is 39.2 Å². The normalized spacial score (nSPS) is 14.3. The summed E-state index contributed by atoms with van der Waals surface area (Å²) in [6, 6.07) is 8.89. The van der Waals surface area contributed by atoms with E-state index in [1.807, 2.05) is 27.0 Å². The van der Waals surface area contributed by atoms with Crippen LogP contribution in [0.4, 0.5) is 0 Å². The van der Waals surface area contributed by atoms with Crippen LogP contribution in [0.2, 0.25) is 0 Å². The lowest BCUT2D eigenvalue weighted by molar-refractivity contribution is -0.148. The summed E-state index contributed by atoms with van der Waals surface area (Å²) in [5, 5.41) is 16.6. The van der Waals surface area contributed by atoms with Crippen LogP contribution in [0, 0.1) is 13.8 Å². The Morgan fingerprint density at radius 3 is 2.42 bits per heavy atom. The maximum Gasteiger partial charge on any atom is 0.332 e. The van der Waals surface area contributed by atoms with Crippen LogP contribution in [0.15, 0.2) is 30.3 Å². The molecule has 0 bridgehead atoms. The second kappa shape index (κ2) is 7.59. The molecule has 0 saturated heterocycles. The average Bonchev–Trinajstić information content (AvgIpc) is 2.85. The molecule has 0 aliphatic rings. The summed E-state index contributed by atoms with van der Waals surface area (Å²) in [5.74, 6) is -1.53. The van der Waals surface area contributed by atoms with Crippen molar-refractivity contribution in [1.29, 1.82) is 0 Å². The number of aryl methyl sites for hydroxylation is 2. The highest BCUT2D eigenvalue weighted by Crippen LogP contribution is 2.24. The summed E-state index contributed by atoms with van der Waals surface area (Å²) in [5.41, 5.74) is 0.889. The van der Waals surface area contributed by atoms with Gasteiger partial charge in [0.05, 0.1) is 11.6 Å². The van der Waals surface area contributed by atoms with Crippen LogP contribution in [0.1, 0.15) is 36.7 Å². The molecule has 0 aliphatic carbocycles. The Balaban J connectivity index is 2.15. The highest BCUT2D eigenvalue weighted by molar-refractivity contribution is 5.90. The number of hydrogen-bond acceptors (Lipinski definition) is 4. The highest BCUT2D eigenvalue weighted by atomic mass is 16.5. The standard InChI is InChI=1S/C19H25N3O4/c1-12(16-13(2)21-22(5)14(16)3)17(23)20-19(4,18(24)25)11-26-15-9-7-6-8-10-15/h6-10,12H,11H2,1-5H3,(H,20,23)(H,24,25)/t12-,19-/m0/s1. The first-order chi connectivity index (χ1) is 12.2. The lowest BCUT2D eigenvalue weighted by Gasteiger charge is -2.28. The minimum absolute atomic E-state index is 0.185. The van der Waals surface area contributed by atoms with Gasteiger partial charge in [0.2, 0.25) is 5.91 Å². The molecule has 0 radical (unpaired) electrons. The van der Waals surface area contributed by atoms with Crippen molar-refractivity contribution in [3.05, 3.63) is 47.3 Å². The molecular weight excluding hydrogens is 334 g/mol. The number of carbonyl (C=O) groups is 2. The smallest absolute Gasteiger partial charge is 0.332 e. The number of carboxylic acid groups (broad SMARTS) is 1. The molecule has 0 fully saturated rings. The molecule has 2 atom stereocenters. The lowest BCUT2D eigenvalue weighted by Crippen LogP contribution is -2.57. The Bertz CT molecular complexity index is 801. The predicted octanol–water partition coefficient (Wildman–Crippen LogP) is 2.18. The summed E-state index contributed by atoms with van der Waals surface area (Å²) >= 11 is 0. The van der Waals surface area contributed by atoms with Gasteiger partial charge in [0.25, 0.3) is 0 Å². The van der Waals surface area contributed by atoms with Crippen molar-refractivity contribution >= 4 is 11.9 Å². The third-order valence-electron chi connectivity index (χ3n) is 4.53. The van der Waals surface area contributed by atoms with E-state index in [0.29, 0.717) is 5.75 Å². The van der Waals surface area contributed by atoms with Crippen molar-refractivity contribution in [1.82, 2.24) is 15.1 Å². The number of rotatable bonds is 7. The summed E-state index contributed by atoms with van der Waals surface area (Å²) in [4.78, 5) is 24.5. The Hall–Kier alpha value is -2.83. The molecule has 1 amide bonds. The number of para-hydroxylation sites is 1. The number of benzene rings is 1. The monoisotopic (exact) mass is 359 g/mol. The molecule has 2 aromatic rings. The van der Waals surface area contributed by atoms with Gasteiger partial charge in [0, 0.05) is 18.3 Å². The fraction of sp³-hybridized carbons (Fsp3) is 0.421. The summed E-state index contributed by atoms with van der Waals surface area (Å²) in [6.07, 6.45) is 0. The number of carboxylic acids is 1. The molecule has 2 N–H and O–H groups in total. The van der Waals surface area contributed by atoms with E-state index in [1.165, 1.54) is 6.92 Å². The summed E-state index contributed by atoms with van der Waals surface area (Å²) < 4.78 is 7.27. The molecule has 140 valence electrons. The Morgan fingerprint density at radius 2 is 1.92 bits per heavy atom. The van der Waals surface area contributed by atoms with Crippen molar-refractivity contribution in [2.24, 2.45) is 7.05 Å². The molecular formula is C19H25N3O4. The number of amides is 1. The molecule has 0 aliphatic heterocycles. The van der Waals surface area contributed by atoms with E-state index in [-0.39, 0.29) is 12.5 Å². The molecule has 1 aromatic heterocycles. The lowest BCUT2D eigenvalue weighted by atomic mass is 9.95. The van der Waals surface area contributed by atoms with Crippen LogP contribution in [-0.2, 0) is 16.6 Å². The first-order valence-corrected chi connectivity index (χ1v) is 8.39. The van der Waals surface area contributed by atoms with Crippen LogP contribution in [0.5, 0.6) is 5.75 Å². The number of nitrogens with zero attached hydrogens (tertiary/aromatic N) is 2. The van der Waals surface area contributed by atoms with Gasteiger partial charge in [-0.05, 0) is 39.8 Å². The van der Waals surface area contributed by atoms with E-state index in [1.54, 1.807) is 35.9 Å². The van der Waals surface area contributed by atoms with Gasteiger partial charge >= 0.3 is 5.97 Å². The van der Waals surface area contributed by atoms with Gasteiger partial charge in [-0.1, -0.05) is 18.2 Å². The van der Waals surface area contributed by atoms with Crippen molar-refractivity contribution in [2.75, 3.05) is 6.61 Å². The zero-order valence-corrected chi connectivity index (χ0v) is 15.7. The van der Waals surface area contributed by atoms with E-state index >= 15 is 0 Å². The number of carbonyl (C=O) groups excluding carboxylic acids is 1. The van der Waals surface area contributed by atoms with Gasteiger partial charge in [0.15, 0.2) is 5.54 Å². The number of ether oxygens (including phenoxy) is 1. The Morgan fingerprint density at radius 1 is 1.31 bits per heavy atom. The van der Waals surface area contributed by atoms with Crippen LogP contribution in [0.3, 0.4) is 0 Å². The first-order valence-electron chi connectivity index (χ1n) is 8.39. The second-order valence-electron chi connectivity index (χ2n) is 6.66. The molecule has 0 unspecified atom stereocenters. The Kier molecular flexibility index (Phi) is 5.69. The fourth-order valence-electron chi connectivity index (χ4n) is 2.82. The van der Waals surface area contributed by atoms with E-state index in [0.717, 1.165) is 17.0 Å². The maximum atomic E-state index is 12.7. The van der Waals surface area contributed by atoms with Gasteiger partial charge in [-0.3, -0.25) is 9.48 Å². The van der Waals surface area contributed by atoms with Crippen LogP contribution >= 0.6 is 0 Å². The fourth-order valence-corrected chi connectivity index (χ4v) is 2.82. The van der Waals surface area contributed by atoms with E-state index in [2.05, 4.69) is 10.4 Å². The van der Waals surface area contributed by atoms with Crippen molar-refractivity contribution in [3.8, 4) is 5.75 Å². The average molecular weight is 359 g/mol. The van der Waals surface area contributed by atoms with Gasteiger partial charge in [0.1, 0.15) is 12.4 Å². The summed E-state index contributed by atoms with van der Waals surface area (Å²) in [6.45, 7) is 6.71. The van der Waals surface area contributed by atoms with Gasteiger partial charge in [-0.15, -0.1) is 0 Å². The maximum absolute atomic E-state index is 12.7. The number of hydrogen-bond donors (Lipinski definition) is 2. The zero-order chi connectivity index (χ0) is 19.5. The SMILES string of the molecule is Cc1nn(C)c(C)c1[C@H](C)C(=O)N[C@@](C)(COc1ccccc1)C(=O)O. The van der Waals surface area contributed by atoms with Crippen molar-refractivity contribution < 1.29 is 19.4 Å². The van der Waals surface area contributed by atoms with E-state index in [4.69, 9.17) is 4.74 Å². The quantitative estimate of drug-likeness (QED) is 0.790. The van der Waals surface area contributed by atoms with E-state index < -0.39 is 17.4 Å². The Labute approximate surface area is 153 Å². The topological polar surface area (TPSA) is 93.5 Å². The minimum atomic E-state index is -1.55. The van der Waals surface area contributed by atoms with E-state index in [9.17, 15) is 14.7 Å². The van der Waals surface area contributed by atoms with Gasteiger partial charge in [-0.25, -0.2) is 4.79 Å². The second-order valence-corrected chi connectivity index (χ2v) is 6.66. The molecule has 7 heteroatoms. The molecule has 26 heavy (non-hydrogen) atoms. The van der Waals surface area contributed by atoms with Crippen LogP contribution in [0.25, 0.3) is 0 Å². The largest absolute Gasteiger partial charge is 0.491 e.